The highest BCUT2D eigenvalue weighted by Gasteiger charge is 2.37. The summed E-state index contributed by atoms with van der Waals surface area (Å²) in [5, 5.41) is 3.54. The van der Waals surface area contributed by atoms with Crippen LogP contribution in [0.15, 0.2) is 6.20 Å². The van der Waals surface area contributed by atoms with Gasteiger partial charge in [0.15, 0.2) is 0 Å². The van der Waals surface area contributed by atoms with Crippen LogP contribution < -0.4 is 5.32 Å². The van der Waals surface area contributed by atoms with E-state index >= 15 is 0 Å². The van der Waals surface area contributed by atoms with Crippen LogP contribution in [-0.2, 0) is 29.0 Å². The average molecular weight is 275 g/mol. The molecule has 0 aromatic carbocycles. The molecule has 1 N–H and O–H groups in total. The monoisotopic (exact) mass is 275 g/mol. The van der Waals surface area contributed by atoms with Crippen LogP contribution >= 0.6 is 0 Å². The number of ether oxygens (including phenoxy) is 2. The second-order valence-electron chi connectivity index (χ2n) is 6.08. The highest BCUT2D eigenvalue weighted by Crippen LogP contribution is 2.38. The molecule has 20 heavy (non-hydrogen) atoms. The zero-order valence-electron chi connectivity index (χ0n) is 11.7. The van der Waals surface area contributed by atoms with E-state index in [0.717, 1.165) is 55.6 Å². The van der Waals surface area contributed by atoms with Crippen LogP contribution in [0.5, 0.6) is 0 Å². The van der Waals surface area contributed by atoms with Crippen molar-refractivity contribution in [2.24, 2.45) is 5.92 Å². The lowest BCUT2D eigenvalue weighted by atomic mass is 10.1. The first kappa shape index (κ1) is 12.7. The van der Waals surface area contributed by atoms with E-state index in [1.165, 1.54) is 12.8 Å². The van der Waals surface area contributed by atoms with Crippen molar-refractivity contribution < 1.29 is 9.47 Å². The summed E-state index contributed by atoms with van der Waals surface area (Å²) in [6.07, 6.45) is 7.16. The van der Waals surface area contributed by atoms with Crippen molar-refractivity contribution >= 4 is 0 Å². The van der Waals surface area contributed by atoms with Crippen LogP contribution in [-0.4, -0.2) is 35.3 Å². The number of rotatable bonds is 4. The van der Waals surface area contributed by atoms with Gasteiger partial charge in [-0.3, -0.25) is 0 Å². The minimum atomic E-state index is 0.462. The van der Waals surface area contributed by atoms with Gasteiger partial charge in [0.25, 0.3) is 0 Å². The molecule has 0 amide bonds. The molecule has 108 valence electrons. The molecule has 1 saturated heterocycles. The SMILES string of the molecule is c1nc(CNC2COC(C3CC3)C2)nc2c1COCC2. The van der Waals surface area contributed by atoms with Crippen molar-refractivity contribution in [3.05, 3.63) is 23.3 Å². The van der Waals surface area contributed by atoms with E-state index in [-0.39, 0.29) is 0 Å². The minimum Gasteiger partial charge on any atom is -0.376 e. The van der Waals surface area contributed by atoms with Gasteiger partial charge in [-0.05, 0) is 25.2 Å². The zero-order valence-corrected chi connectivity index (χ0v) is 11.7. The highest BCUT2D eigenvalue weighted by atomic mass is 16.5. The van der Waals surface area contributed by atoms with Gasteiger partial charge in [0.1, 0.15) is 5.82 Å². The summed E-state index contributed by atoms with van der Waals surface area (Å²) in [4.78, 5) is 9.07. The Morgan fingerprint density at radius 3 is 3.20 bits per heavy atom. The van der Waals surface area contributed by atoms with E-state index in [1.54, 1.807) is 0 Å². The van der Waals surface area contributed by atoms with Gasteiger partial charge in [-0.1, -0.05) is 0 Å². The van der Waals surface area contributed by atoms with E-state index < -0.39 is 0 Å². The maximum Gasteiger partial charge on any atom is 0.142 e. The molecule has 1 aromatic rings. The van der Waals surface area contributed by atoms with Gasteiger partial charge in [-0.2, -0.15) is 0 Å². The Bertz CT molecular complexity index is 490. The fraction of sp³-hybridized carbons (Fsp3) is 0.733. The Morgan fingerprint density at radius 2 is 2.30 bits per heavy atom. The molecule has 0 radical (unpaired) electrons. The van der Waals surface area contributed by atoms with E-state index in [0.29, 0.717) is 18.8 Å². The smallest absolute Gasteiger partial charge is 0.142 e. The number of fused-ring (bicyclic) bond motifs is 1. The molecular weight excluding hydrogens is 254 g/mol. The van der Waals surface area contributed by atoms with Gasteiger partial charge >= 0.3 is 0 Å². The van der Waals surface area contributed by atoms with Crippen molar-refractivity contribution in [2.75, 3.05) is 13.2 Å². The van der Waals surface area contributed by atoms with E-state index in [9.17, 15) is 0 Å². The highest BCUT2D eigenvalue weighted by molar-refractivity contribution is 5.18. The van der Waals surface area contributed by atoms with Crippen LogP contribution in [0.3, 0.4) is 0 Å². The predicted molar refractivity (Wildman–Crippen MR) is 73.1 cm³/mol. The molecule has 3 aliphatic rings. The number of nitrogens with zero attached hydrogens (tertiary/aromatic N) is 2. The van der Waals surface area contributed by atoms with Gasteiger partial charge in [0, 0.05) is 24.2 Å². The normalized spacial score (nSPS) is 29.4. The molecule has 5 nitrogen and oxygen atoms in total. The second kappa shape index (κ2) is 5.39. The van der Waals surface area contributed by atoms with Crippen LogP contribution in [0.2, 0.25) is 0 Å². The quantitative estimate of drug-likeness (QED) is 0.895. The summed E-state index contributed by atoms with van der Waals surface area (Å²) in [5.41, 5.74) is 2.29. The Hall–Kier alpha value is -1.04. The van der Waals surface area contributed by atoms with Crippen molar-refractivity contribution in [1.29, 1.82) is 0 Å². The van der Waals surface area contributed by atoms with E-state index in [4.69, 9.17) is 9.47 Å². The maximum absolute atomic E-state index is 5.85. The molecule has 2 aliphatic heterocycles. The van der Waals surface area contributed by atoms with Crippen LogP contribution in [0.25, 0.3) is 0 Å². The lowest BCUT2D eigenvalue weighted by Crippen LogP contribution is -2.30. The molecular formula is C15H21N3O2. The van der Waals surface area contributed by atoms with Crippen molar-refractivity contribution in [2.45, 2.75) is 51.0 Å². The molecule has 5 heteroatoms. The largest absolute Gasteiger partial charge is 0.376 e. The molecule has 0 bridgehead atoms. The molecule has 1 aromatic heterocycles. The van der Waals surface area contributed by atoms with Crippen LogP contribution in [0, 0.1) is 5.92 Å². The number of aromatic nitrogens is 2. The molecule has 2 fully saturated rings. The van der Waals surface area contributed by atoms with Crippen LogP contribution in [0.4, 0.5) is 0 Å². The number of hydrogen-bond acceptors (Lipinski definition) is 5. The maximum atomic E-state index is 5.85. The van der Waals surface area contributed by atoms with Gasteiger partial charge < -0.3 is 14.8 Å². The zero-order chi connectivity index (χ0) is 13.4. The van der Waals surface area contributed by atoms with Gasteiger partial charge in [0.2, 0.25) is 0 Å². The van der Waals surface area contributed by atoms with Gasteiger partial charge in [-0.15, -0.1) is 0 Å². The summed E-state index contributed by atoms with van der Waals surface area (Å²) < 4.78 is 11.3. The first-order valence-electron chi connectivity index (χ1n) is 7.65. The Kier molecular flexibility index (Phi) is 3.42. The Labute approximate surface area is 119 Å². The second-order valence-corrected chi connectivity index (χ2v) is 6.08. The topological polar surface area (TPSA) is 56.3 Å². The summed E-state index contributed by atoms with van der Waals surface area (Å²) in [7, 11) is 0. The van der Waals surface area contributed by atoms with E-state index in [1.807, 2.05) is 6.20 Å². The third-order valence-corrected chi connectivity index (χ3v) is 4.47. The molecule has 4 rings (SSSR count). The molecule has 2 unspecified atom stereocenters. The summed E-state index contributed by atoms with van der Waals surface area (Å²) in [5.74, 6) is 1.72. The molecule has 2 atom stereocenters. The van der Waals surface area contributed by atoms with Crippen molar-refractivity contribution in [3.63, 3.8) is 0 Å². The predicted octanol–water partition coefficient (Wildman–Crippen LogP) is 1.21. The third kappa shape index (κ3) is 2.71. The Balaban J connectivity index is 1.33. The molecule has 0 spiro atoms. The van der Waals surface area contributed by atoms with Crippen molar-refractivity contribution in [3.8, 4) is 0 Å². The fourth-order valence-electron chi connectivity index (χ4n) is 3.09. The first-order chi connectivity index (χ1) is 9.88. The molecule has 1 saturated carbocycles. The Morgan fingerprint density at radius 1 is 1.35 bits per heavy atom. The van der Waals surface area contributed by atoms with Crippen molar-refractivity contribution in [1.82, 2.24) is 15.3 Å². The molecule has 1 aliphatic carbocycles. The van der Waals surface area contributed by atoms with E-state index in [2.05, 4.69) is 15.3 Å². The van der Waals surface area contributed by atoms with Crippen LogP contribution in [0.1, 0.15) is 36.3 Å². The summed E-state index contributed by atoms with van der Waals surface area (Å²) in [6, 6.07) is 0.462. The first-order valence-corrected chi connectivity index (χ1v) is 7.65. The van der Waals surface area contributed by atoms with Gasteiger partial charge in [0.05, 0.1) is 38.2 Å². The fourth-order valence-corrected chi connectivity index (χ4v) is 3.09. The lowest BCUT2D eigenvalue weighted by Gasteiger charge is -2.16. The standard InChI is InChI=1S/C15H21N3O2/c1-2-10(1)14-5-12(9-20-14)16-7-15-17-6-11-8-19-4-3-13(11)18-15/h6,10,12,14,16H,1-5,7-9H2. The lowest BCUT2D eigenvalue weighted by molar-refractivity contribution is 0.0920. The van der Waals surface area contributed by atoms with Gasteiger partial charge in [-0.25, -0.2) is 9.97 Å². The average Bonchev–Trinajstić information content (AvgIpc) is 3.24. The summed E-state index contributed by atoms with van der Waals surface area (Å²) in [6.45, 7) is 3.00. The number of nitrogens with one attached hydrogen (secondary N) is 1. The molecule has 3 heterocycles. The summed E-state index contributed by atoms with van der Waals surface area (Å²) >= 11 is 0. The number of hydrogen-bond donors (Lipinski definition) is 1. The minimum absolute atomic E-state index is 0.462. The third-order valence-electron chi connectivity index (χ3n) is 4.47.